The summed E-state index contributed by atoms with van der Waals surface area (Å²) in [6.07, 6.45) is -4.31. The zero-order valence-electron chi connectivity index (χ0n) is 4.72. The average molecular weight is 198 g/mol. The Kier molecular flexibility index (Phi) is 3.22. The van der Waals surface area contributed by atoms with Crippen molar-refractivity contribution in [3.05, 3.63) is 11.1 Å². The highest BCUT2D eigenvalue weighted by molar-refractivity contribution is 6.28. The van der Waals surface area contributed by atoms with Crippen LogP contribution in [-0.2, 0) is 0 Å². The number of rotatable bonds is 2. The van der Waals surface area contributed by atoms with Crippen molar-refractivity contribution in [1.29, 1.82) is 0 Å². The lowest BCUT2D eigenvalue weighted by Crippen LogP contribution is -2.27. The van der Waals surface area contributed by atoms with Crippen molar-refractivity contribution in [2.45, 2.75) is 12.3 Å². The Morgan fingerprint density at radius 1 is 1.18 bits per heavy atom. The van der Waals surface area contributed by atoms with E-state index in [9.17, 15) is 26.3 Å². The second kappa shape index (κ2) is 3.34. The third-order valence-electron chi connectivity index (χ3n) is 0.733. The number of allylic oxidation sites excluding steroid dienone is 1. The largest absolute Gasteiger partial charge is 0.361 e. The van der Waals surface area contributed by atoms with Gasteiger partial charge in [-0.25, -0.2) is 13.2 Å². The standard InChI is InChI=1S/C4HClF6/c5-2(7)1(6)4(10,11)3(8)9/h3H. The summed E-state index contributed by atoms with van der Waals surface area (Å²) in [6, 6.07) is 0. The van der Waals surface area contributed by atoms with Gasteiger partial charge in [0.15, 0.2) is 0 Å². The van der Waals surface area contributed by atoms with E-state index in [1.54, 1.807) is 0 Å². The molecule has 0 aromatic heterocycles. The van der Waals surface area contributed by atoms with E-state index in [1.807, 2.05) is 0 Å². The first-order chi connectivity index (χ1) is 4.80. The van der Waals surface area contributed by atoms with Crippen molar-refractivity contribution in [2.24, 2.45) is 0 Å². The second-order valence-corrected chi connectivity index (χ2v) is 1.83. The zero-order valence-corrected chi connectivity index (χ0v) is 5.48. The summed E-state index contributed by atoms with van der Waals surface area (Å²) in [5, 5.41) is -2.46. The minimum atomic E-state index is -5.15. The molecule has 0 aliphatic heterocycles. The van der Waals surface area contributed by atoms with Crippen LogP contribution < -0.4 is 0 Å². The predicted octanol–water partition coefficient (Wildman–Crippen LogP) is 3.23. The normalized spacial score (nSPS) is 15.3. The van der Waals surface area contributed by atoms with Gasteiger partial charge in [0.25, 0.3) is 0 Å². The Bertz CT molecular complexity index is 169. The van der Waals surface area contributed by atoms with Crippen LogP contribution in [0.5, 0.6) is 0 Å². The maximum absolute atomic E-state index is 11.7. The topological polar surface area (TPSA) is 0 Å². The highest BCUT2D eigenvalue weighted by atomic mass is 35.5. The third kappa shape index (κ3) is 2.28. The molecule has 0 spiro atoms. The predicted molar refractivity (Wildman–Crippen MR) is 26.0 cm³/mol. The molecule has 0 radical (unpaired) electrons. The van der Waals surface area contributed by atoms with Crippen LogP contribution in [0.4, 0.5) is 26.3 Å². The summed E-state index contributed by atoms with van der Waals surface area (Å²) in [5.41, 5.74) is 0. The average Bonchev–Trinajstić information content (AvgIpc) is 1.85. The first-order valence-corrected chi connectivity index (χ1v) is 2.55. The summed E-state index contributed by atoms with van der Waals surface area (Å²) in [7, 11) is 0. The Labute approximate surface area is 62.4 Å². The van der Waals surface area contributed by atoms with Crippen molar-refractivity contribution < 1.29 is 26.3 Å². The fraction of sp³-hybridized carbons (Fsp3) is 0.500. The van der Waals surface area contributed by atoms with Gasteiger partial charge in [0.1, 0.15) is 0 Å². The van der Waals surface area contributed by atoms with Crippen LogP contribution in [0.1, 0.15) is 0 Å². The van der Waals surface area contributed by atoms with Gasteiger partial charge in [0.2, 0.25) is 11.1 Å². The SMILES string of the molecule is FC(Cl)=C(F)C(F)(F)C(F)F. The van der Waals surface area contributed by atoms with Gasteiger partial charge in [0, 0.05) is 0 Å². The molecule has 0 heterocycles. The van der Waals surface area contributed by atoms with E-state index in [-0.39, 0.29) is 0 Å². The molecule has 7 heteroatoms. The molecule has 0 N–H and O–H groups in total. The van der Waals surface area contributed by atoms with E-state index in [2.05, 4.69) is 11.6 Å². The maximum Gasteiger partial charge on any atom is 0.361 e. The molecular weight excluding hydrogens is 197 g/mol. The van der Waals surface area contributed by atoms with E-state index < -0.39 is 23.5 Å². The fourth-order valence-electron chi connectivity index (χ4n) is 0.222. The van der Waals surface area contributed by atoms with Crippen molar-refractivity contribution in [3.8, 4) is 0 Å². The third-order valence-corrected chi connectivity index (χ3v) is 0.899. The molecule has 0 unspecified atom stereocenters. The maximum atomic E-state index is 11.7. The lowest BCUT2D eigenvalue weighted by atomic mass is 10.3. The number of alkyl halides is 4. The Balaban J connectivity index is 4.70. The van der Waals surface area contributed by atoms with Crippen LogP contribution in [-0.4, -0.2) is 12.3 Å². The van der Waals surface area contributed by atoms with Gasteiger partial charge in [-0.05, 0) is 11.6 Å². The monoisotopic (exact) mass is 198 g/mol. The molecule has 0 bridgehead atoms. The zero-order chi connectivity index (χ0) is 9.23. The highest BCUT2D eigenvalue weighted by Crippen LogP contribution is 2.35. The van der Waals surface area contributed by atoms with E-state index in [0.29, 0.717) is 0 Å². The van der Waals surface area contributed by atoms with Crippen LogP contribution >= 0.6 is 11.6 Å². The van der Waals surface area contributed by atoms with Crippen LogP contribution in [0.25, 0.3) is 0 Å². The summed E-state index contributed by atoms with van der Waals surface area (Å²) >= 11 is 4.08. The number of hydrogen-bond donors (Lipinski definition) is 0. The minimum Gasteiger partial charge on any atom is -0.203 e. The van der Waals surface area contributed by atoms with Crippen LogP contribution in [0.3, 0.4) is 0 Å². The first-order valence-electron chi connectivity index (χ1n) is 2.17. The van der Waals surface area contributed by atoms with Crippen molar-refractivity contribution in [2.75, 3.05) is 0 Å². The molecule has 0 saturated carbocycles. The Morgan fingerprint density at radius 2 is 1.55 bits per heavy atom. The Morgan fingerprint density at radius 3 is 1.64 bits per heavy atom. The second-order valence-electron chi connectivity index (χ2n) is 1.50. The molecule has 0 nitrogen and oxygen atoms in total. The molecule has 0 rings (SSSR count). The van der Waals surface area contributed by atoms with E-state index >= 15 is 0 Å². The van der Waals surface area contributed by atoms with Crippen LogP contribution in [0, 0.1) is 0 Å². The lowest BCUT2D eigenvalue weighted by Gasteiger charge is -2.11. The first kappa shape index (κ1) is 10.6. The van der Waals surface area contributed by atoms with Gasteiger partial charge in [0.05, 0.1) is 0 Å². The summed E-state index contributed by atoms with van der Waals surface area (Å²) in [6.45, 7) is 0. The summed E-state index contributed by atoms with van der Waals surface area (Å²) < 4.78 is 68.8. The number of hydrogen-bond acceptors (Lipinski definition) is 0. The fourth-order valence-corrected chi connectivity index (χ4v) is 0.348. The van der Waals surface area contributed by atoms with Crippen molar-refractivity contribution in [3.63, 3.8) is 0 Å². The summed E-state index contributed by atoms with van der Waals surface area (Å²) in [4.78, 5) is 0. The Hall–Kier alpha value is -0.390. The molecule has 66 valence electrons. The molecule has 0 aliphatic rings. The van der Waals surface area contributed by atoms with E-state index in [1.165, 1.54) is 0 Å². The molecular formula is C4HClF6. The van der Waals surface area contributed by atoms with Crippen molar-refractivity contribution in [1.82, 2.24) is 0 Å². The molecule has 0 saturated heterocycles. The molecule has 0 aromatic carbocycles. The van der Waals surface area contributed by atoms with Crippen LogP contribution in [0.15, 0.2) is 11.1 Å². The molecule has 0 aliphatic carbocycles. The van der Waals surface area contributed by atoms with Gasteiger partial charge in [-0.15, -0.1) is 0 Å². The van der Waals surface area contributed by atoms with Gasteiger partial charge >= 0.3 is 12.3 Å². The molecule has 0 atom stereocenters. The van der Waals surface area contributed by atoms with Crippen molar-refractivity contribution >= 4 is 11.6 Å². The van der Waals surface area contributed by atoms with Gasteiger partial charge in [-0.2, -0.15) is 13.2 Å². The lowest BCUT2D eigenvalue weighted by molar-refractivity contribution is -0.113. The van der Waals surface area contributed by atoms with Gasteiger partial charge < -0.3 is 0 Å². The quantitative estimate of drug-likeness (QED) is 0.598. The smallest absolute Gasteiger partial charge is 0.203 e. The van der Waals surface area contributed by atoms with Crippen LogP contribution in [0.2, 0.25) is 0 Å². The highest BCUT2D eigenvalue weighted by Gasteiger charge is 2.48. The van der Waals surface area contributed by atoms with Gasteiger partial charge in [-0.3, -0.25) is 0 Å². The van der Waals surface area contributed by atoms with E-state index in [0.717, 1.165) is 0 Å². The molecule has 0 aromatic rings. The molecule has 0 fully saturated rings. The van der Waals surface area contributed by atoms with Gasteiger partial charge in [-0.1, -0.05) is 0 Å². The molecule has 0 amide bonds. The minimum absolute atomic E-state index is 2.46. The summed E-state index contributed by atoms with van der Waals surface area (Å²) in [5.74, 6) is -8.10. The number of halogens is 7. The molecule has 11 heavy (non-hydrogen) atoms. The van der Waals surface area contributed by atoms with E-state index in [4.69, 9.17) is 0 Å².